The molecule has 0 radical (unpaired) electrons. The van der Waals surface area contributed by atoms with Crippen molar-refractivity contribution in [1.82, 2.24) is 15.0 Å². The lowest BCUT2D eigenvalue weighted by Crippen LogP contribution is -2.13. The highest BCUT2D eigenvalue weighted by Crippen LogP contribution is 2.32. The van der Waals surface area contributed by atoms with Crippen LogP contribution in [0.25, 0.3) is 11.4 Å². The van der Waals surface area contributed by atoms with E-state index >= 15 is 0 Å². The van der Waals surface area contributed by atoms with Crippen molar-refractivity contribution < 1.29 is 4.74 Å². The van der Waals surface area contributed by atoms with Crippen molar-refractivity contribution in [2.45, 2.75) is 26.2 Å². The van der Waals surface area contributed by atoms with Crippen LogP contribution in [0.15, 0.2) is 79.1 Å². The smallest absolute Gasteiger partial charge is 0.155 e. The summed E-state index contributed by atoms with van der Waals surface area (Å²) in [5, 5.41) is 12.7. The SMILES string of the molecule is Cc1ccc(Oc2ccnc(Nc3cccc(C(C)(C)C#N)c3)c2)c(-c2ccccn2)n1. The summed E-state index contributed by atoms with van der Waals surface area (Å²) in [6.45, 7) is 5.73. The summed E-state index contributed by atoms with van der Waals surface area (Å²) in [4.78, 5) is 13.4. The van der Waals surface area contributed by atoms with E-state index < -0.39 is 5.41 Å². The summed E-state index contributed by atoms with van der Waals surface area (Å²) in [5.74, 6) is 1.87. The van der Waals surface area contributed by atoms with Gasteiger partial charge in [0.05, 0.1) is 17.2 Å². The van der Waals surface area contributed by atoms with E-state index in [0.717, 1.165) is 22.6 Å². The molecule has 0 atom stereocenters. The zero-order valence-electron chi connectivity index (χ0n) is 18.2. The van der Waals surface area contributed by atoms with E-state index in [1.807, 2.05) is 81.4 Å². The quantitative estimate of drug-likeness (QED) is 0.400. The molecule has 0 bridgehead atoms. The molecule has 0 saturated heterocycles. The Bertz CT molecular complexity index is 1280. The van der Waals surface area contributed by atoms with Gasteiger partial charge in [-0.2, -0.15) is 5.26 Å². The lowest BCUT2D eigenvalue weighted by Gasteiger charge is -2.17. The minimum atomic E-state index is -0.573. The Kier molecular flexibility index (Phi) is 5.82. The first-order chi connectivity index (χ1) is 15.4. The van der Waals surface area contributed by atoms with Crippen LogP contribution in [0.2, 0.25) is 0 Å². The molecule has 6 heteroatoms. The lowest BCUT2D eigenvalue weighted by molar-refractivity contribution is 0.481. The minimum Gasteiger partial charge on any atom is -0.455 e. The second kappa shape index (κ2) is 8.86. The molecule has 0 aliphatic rings. The van der Waals surface area contributed by atoms with Crippen molar-refractivity contribution in [3.05, 3.63) is 90.4 Å². The molecular formula is C26H23N5O. The van der Waals surface area contributed by atoms with Crippen LogP contribution in [-0.4, -0.2) is 15.0 Å². The van der Waals surface area contributed by atoms with Crippen molar-refractivity contribution in [1.29, 1.82) is 5.26 Å². The lowest BCUT2D eigenvalue weighted by atomic mass is 9.86. The Morgan fingerprint density at radius 1 is 0.938 bits per heavy atom. The Hall–Kier alpha value is -4.24. The predicted octanol–water partition coefficient (Wildman–Crippen LogP) is 6.18. The van der Waals surface area contributed by atoms with Gasteiger partial charge in [-0.05, 0) is 68.8 Å². The van der Waals surface area contributed by atoms with Crippen molar-refractivity contribution in [2.75, 3.05) is 5.32 Å². The van der Waals surface area contributed by atoms with Gasteiger partial charge in [-0.3, -0.25) is 4.98 Å². The maximum Gasteiger partial charge on any atom is 0.155 e. The highest BCUT2D eigenvalue weighted by Gasteiger charge is 2.19. The average Bonchev–Trinajstić information content (AvgIpc) is 2.81. The molecule has 0 saturated carbocycles. The number of nitrogens with zero attached hydrogens (tertiary/aromatic N) is 4. The second-order valence-electron chi connectivity index (χ2n) is 7.94. The number of aryl methyl sites for hydroxylation is 1. The van der Waals surface area contributed by atoms with Gasteiger partial charge in [0, 0.05) is 29.8 Å². The number of benzene rings is 1. The van der Waals surface area contributed by atoms with Gasteiger partial charge in [0.25, 0.3) is 0 Å². The van der Waals surface area contributed by atoms with E-state index in [2.05, 4.69) is 26.3 Å². The van der Waals surface area contributed by atoms with Gasteiger partial charge >= 0.3 is 0 Å². The van der Waals surface area contributed by atoms with Crippen LogP contribution in [0, 0.1) is 18.3 Å². The van der Waals surface area contributed by atoms with Gasteiger partial charge in [0.2, 0.25) is 0 Å². The van der Waals surface area contributed by atoms with Gasteiger partial charge in [0.1, 0.15) is 17.3 Å². The molecule has 4 aromatic rings. The van der Waals surface area contributed by atoms with Gasteiger partial charge in [0.15, 0.2) is 5.75 Å². The number of hydrogen-bond donors (Lipinski definition) is 1. The summed E-state index contributed by atoms with van der Waals surface area (Å²) < 4.78 is 6.17. The second-order valence-corrected chi connectivity index (χ2v) is 7.94. The van der Waals surface area contributed by atoms with Crippen molar-refractivity contribution in [2.24, 2.45) is 0 Å². The van der Waals surface area contributed by atoms with Crippen molar-refractivity contribution >= 4 is 11.5 Å². The zero-order valence-corrected chi connectivity index (χ0v) is 18.2. The first-order valence-corrected chi connectivity index (χ1v) is 10.3. The number of nitriles is 1. The molecule has 0 spiro atoms. The van der Waals surface area contributed by atoms with Gasteiger partial charge in [-0.1, -0.05) is 18.2 Å². The van der Waals surface area contributed by atoms with E-state index in [0.29, 0.717) is 23.0 Å². The number of aromatic nitrogens is 3. The fourth-order valence-corrected chi connectivity index (χ4v) is 3.18. The summed E-state index contributed by atoms with van der Waals surface area (Å²) in [6, 6.07) is 23.2. The minimum absolute atomic E-state index is 0.573. The number of rotatable bonds is 6. The monoisotopic (exact) mass is 421 g/mol. The molecular weight excluding hydrogens is 398 g/mol. The van der Waals surface area contributed by atoms with Crippen LogP contribution in [0.1, 0.15) is 25.1 Å². The summed E-state index contributed by atoms with van der Waals surface area (Å²) in [7, 11) is 0. The van der Waals surface area contributed by atoms with Crippen LogP contribution >= 0.6 is 0 Å². The van der Waals surface area contributed by atoms with Crippen LogP contribution in [0.5, 0.6) is 11.5 Å². The normalized spacial score (nSPS) is 10.9. The maximum absolute atomic E-state index is 9.42. The van der Waals surface area contributed by atoms with E-state index in [1.54, 1.807) is 18.5 Å². The van der Waals surface area contributed by atoms with Crippen molar-refractivity contribution in [3.63, 3.8) is 0 Å². The van der Waals surface area contributed by atoms with Crippen LogP contribution in [-0.2, 0) is 5.41 Å². The van der Waals surface area contributed by atoms with Gasteiger partial charge < -0.3 is 10.1 Å². The highest BCUT2D eigenvalue weighted by molar-refractivity contribution is 5.64. The average molecular weight is 422 g/mol. The maximum atomic E-state index is 9.42. The molecule has 6 nitrogen and oxygen atoms in total. The largest absolute Gasteiger partial charge is 0.455 e. The third-order valence-corrected chi connectivity index (χ3v) is 5.00. The van der Waals surface area contributed by atoms with E-state index in [4.69, 9.17) is 4.74 Å². The summed E-state index contributed by atoms with van der Waals surface area (Å²) in [5.41, 5.74) is 3.52. The van der Waals surface area contributed by atoms with Gasteiger partial charge in [-0.25, -0.2) is 9.97 Å². The van der Waals surface area contributed by atoms with E-state index in [-0.39, 0.29) is 0 Å². The van der Waals surface area contributed by atoms with Crippen LogP contribution in [0.3, 0.4) is 0 Å². The molecule has 32 heavy (non-hydrogen) atoms. The number of nitrogens with one attached hydrogen (secondary N) is 1. The van der Waals surface area contributed by atoms with Crippen molar-refractivity contribution in [3.8, 4) is 29.0 Å². The Labute approximate surface area is 187 Å². The molecule has 3 heterocycles. The predicted molar refractivity (Wildman–Crippen MR) is 125 cm³/mol. The first kappa shape index (κ1) is 21.0. The Morgan fingerprint density at radius 3 is 2.59 bits per heavy atom. The molecule has 0 amide bonds. The fraction of sp³-hybridized carbons (Fsp3) is 0.154. The summed E-state index contributed by atoms with van der Waals surface area (Å²) >= 11 is 0. The molecule has 4 rings (SSSR count). The number of ether oxygens (including phenoxy) is 1. The molecule has 1 N–H and O–H groups in total. The zero-order chi connectivity index (χ0) is 22.6. The third-order valence-electron chi connectivity index (χ3n) is 5.00. The number of pyridine rings is 3. The third kappa shape index (κ3) is 4.73. The Morgan fingerprint density at radius 2 is 1.81 bits per heavy atom. The number of anilines is 2. The van der Waals surface area contributed by atoms with Crippen LogP contribution < -0.4 is 10.1 Å². The molecule has 3 aromatic heterocycles. The fourth-order valence-electron chi connectivity index (χ4n) is 3.18. The first-order valence-electron chi connectivity index (χ1n) is 10.3. The standard InChI is InChI=1S/C26H23N5O/c1-18-10-11-23(25(30-18)22-9-4-5-13-28-22)32-21-12-14-29-24(16-21)31-20-8-6-7-19(15-20)26(2,3)17-27/h4-16H,1-3H3,(H,29,31). The molecule has 158 valence electrons. The molecule has 0 aliphatic carbocycles. The molecule has 1 aromatic carbocycles. The van der Waals surface area contributed by atoms with E-state index in [1.165, 1.54) is 0 Å². The topological polar surface area (TPSA) is 83.7 Å². The number of hydrogen-bond acceptors (Lipinski definition) is 6. The molecule has 0 aliphatic heterocycles. The summed E-state index contributed by atoms with van der Waals surface area (Å²) in [6.07, 6.45) is 3.42. The van der Waals surface area contributed by atoms with Gasteiger partial charge in [-0.15, -0.1) is 0 Å². The molecule has 0 fully saturated rings. The molecule has 0 unspecified atom stereocenters. The highest BCUT2D eigenvalue weighted by atomic mass is 16.5. The van der Waals surface area contributed by atoms with Crippen LogP contribution in [0.4, 0.5) is 11.5 Å². The Balaban J connectivity index is 1.59. The van der Waals surface area contributed by atoms with E-state index in [9.17, 15) is 5.26 Å².